The minimum absolute atomic E-state index is 0.129. The minimum Gasteiger partial charge on any atom is -0.463 e. The first-order chi connectivity index (χ1) is 10.5. The summed E-state index contributed by atoms with van der Waals surface area (Å²) in [5.74, 6) is 0.237. The number of nitrogens with zero attached hydrogens (tertiary/aromatic N) is 2. The predicted octanol–water partition coefficient (Wildman–Crippen LogP) is 1.93. The molecule has 0 atom stereocenters. The van der Waals surface area contributed by atoms with Crippen LogP contribution in [0.15, 0.2) is 45.9 Å². The summed E-state index contributed by atoms with van der Waals surface area (Å²) in [5.41, 5.74) is 1.98. The molecule has 0 aliphatic heterocycles. The van der Waals surface area contributed by atoms with E-state index in [1.54, 1.807) is 44.6 Å². The summed E-state index contributed by atoms with van der Waals surface area (Å²) in [5, 5.41) is 9.46. The second-order valence-corrected chi connectivity index (χ2v) is 4.92. The summed E-state index contributed by atoms with van der Waals surface area (Å²) < 4.78 is 6.64. The van der Waals surface area contributed by atoms with Gasteiger partial charge in [0.2, 0.25) is 0 Å². The van der Waals surface area contributed by atoms with Crippen LogP contribution in [0.4, 0.5) is 5.69 Å². The highest BCUT2D eigenvalue weighted by atomic mass is 16.3. The Morgan fingerprint density at radius 1 is 1.41 bits per heavy atom. The number of aryl methyl sites for hydroxylation is 2. The van der Waals surface area contributed by atoms with Crippen LogP contribution < -0.4 is 10.9 Å². The summed E-state index contributed by atoms with van der Waals surface area (Å²) in [6, 6.07) is 6.59. The maximum atomic E-state index is 12.2. The summed E-state index contributed by atoms with van der Waals surface area (Å²) in [6.07, 6.45) is 3.12. The van der Waals surface area contributed by atoms with Gasteiger partial charge in [-0.3, -0.25) is 14.7 Å². The summed E-state index contributed by atoms with van der Waals surface area (Å²) in [4.78, 5) is 23.7. The molecule has 112 valence electrons. The first kappa shape index (κ1) is 13.9. The van der Waals surface area contributed by atoms with Crippen LogP contribution in [0, 0.1) is 6.92 Å². The number of rotatable bonds is 3. The molecule has 0 aliphatic rings. The molecule has 2 N–H and O–H groups in total. The number of furan rings is 1. The molecule has 22 heavy (non-hydrogen) atoms. The van der Waals surface area contributed by atoms with Gasteiger partial charge in [0.25, 0.3) is 11.5 Å². The second-order valence-electron chi connectivity index (χ2n) is 4.92. The number of carbonyl (C=O) groups is 1. The lowest BCUT2D eigenvalue weighted by molar-refractivity contribution is 0.102. The van der Waals surface area contributed by atoms with Crippen LogP contribution in [-0.2, 0) is 7.05 Å². The van der Waals surface area contributed by atoms with Crippen LogP contribution in [0.3, 0.4) is 0 Å². The van der Waals surface area contributed by atoms with Crippen LogP contribution in [0.5, 0.6) is 0 Å². The van der Waals surface area contributed by atoms with Crippen molar-refractivity contribution in [2.45, 2.75) is 6.92 Å². The summed E-state index contributed by atoms with van der Waals surface area (Å²) in [7, 11) is 1.63. The van der Waals surface area contributed by atoms with E-state index in [2.05, 4.69) is 15.5 Å². The molecule has 0 aliphatic carbocycles. The maximum Gasteiger partial charge on any atom is 0.276 e. The zero-order valence-corrected chi connectivity index (χ0v) is 12.1. The fraction of sp³-hybridized carbons (Fsp3) is 0.133. The van der Waals surface area contributed by atoms with Gasteiger partial charge in [0, 0.05) is 25.4 Å². The van der Waals surface area contributed by atoms with Gasteiger partial charge in [0.05, 0.1) is 12.0 Å². The van der Waals surface area contributed by atoms with Crippen molar-refractivity contribution in [1.82, 2.24) is 14.8 Å². The van der Waals surface area contributed by atoms with Crippen LogP contribution in [0.1, 0.15) is 16.1 Å². The highest BCUT2D eigenvalue weighted by Gasteiger charge is 2.14. The first-order valence-electron chi connectivity index (χ1n) is 6.62. The van der Waals surface area contributed by atoms with Gasteiger partial charge < -0.3 is 14.3 Å². The number of hydrogen-bond acceptors (Lipinski definition) is 4. The van der Waals surface area contributed by atoms with E-state index in [1.165, 1.54) is 10.6 Å². The molecule has 0 saturated carbocycles. The molecule has 0 bridgehead atoms. The predicted molar refractivity (Wildman–Crippen MR) is 80.7 cm³/mol. The third kappa shape index (κ3) is 2.56. The Kier molecular flexibility index (Phi) is 3.38. The Balaban J connectivity index is 1.83. The number of carbonyl (C=O) groups excluding carboxylic acids is 1. The molecule has 0 unspecified atom stereocenters. The van der Waals surface area contributed by atoms with E-state index in [-0.39, 0.29) is 17.2 Å². The zero-order valence-electron chi connectivity index (χ0n) is 12.1. The fourth-order valence-electron chi connectivity index (χ4n) is 2.04. The SMILES string of the molecule is Cc1cc(=O)n(C)cc1NC(=O)c1cc(-c2ccco2)[nH]n1. The summed E-state index contributed by atoms with van der Waals surface area (Å²) >= 11 is 0. The number of H-pyrrole nitrogens is 1. The Hall–Kier alpha value is -3.09. The van der Waals surface area contributed by atoms with Gasteiger partial charge in [-0.2, -0.15) is 5.10 Å². The van der Waals surface area contributed by atoms with Crippen LogP contribution in [0.25, 0.3) is 11.5 Å². The van der Waals surface area contributed by atoms with E-state index in [0.29, 0.717) is 22.7 Å². The lowest BCUT2D eigenvalue weighted by Gasteiger charge is -2.08. The van der Waals surface area contributed by atoms with E-state index in [1.807, 2.05) is 0 Å². The highest BCUT2D eigenvalue weighted by molar-refractivity contribution is 6.03. The lowest BCUT2D eigenvalue weighted by Crippen LogP contribution is -2.19. The molecule has 0 fully saturated rings. The highest BCUT2D eigenvalue weighted by Crippen LogP contribution is 2.19. The topological polar surface area (TPSA) is 92.9 Å². The third-order valence-corrected chi connectivity index (χ3v) is 3.28. The van der Waals surface area contributed by atoms with Crippen LogP contribution in [-0.4, -0.2) is 20.7 Å². The number of pyridine rings is 1. The Morgan fingerprint density at radius 3 is 2.95 bits per heavy atom. The van der Waals surface area contributed by atoms with E-state index in [0.717, 1.165) is 0 Å². The number of hydrogen-bond donors (Lipinski definition) is 2. The van der Waals surface area contributed by atoms with E-state index in [4.69, 9.17) is 4.42 Å². The standard InChI is InChI=1S/C15H14N4O3/c1-9-6-14(20)19(2)8-12(9)16-15(21)11-7-10(17-18-11)13-4-3-5-22-13/h3-8H,1-2H3,(H,16,21)(H,17,18). The molecule has 1 amide bonds. The van der Waals surface area contributed by atoms with Crippen molar-refractivity contribution in [3.63, 3.8) is 0 Å². The normalized spacial score (nSPS) is 10.6. The van der Waals surface area contributed by atoms with E-state index >= 15 is 0 Å². The quantitative estimate of drug-likeness (QED) is 0.772. The monoisotopic (exact) mass is 298 g/mol. The van der Waals surface area contributed by atoms with Crippen LogP contribution >= 0.6 is 0 Å². The number of amides is 1. The molecular formula is C15H14N4O3. The smallest absolute Gasteiger partial charge is 0.276 e. The van der Waals surface area contributed by atoms with Crippen molar-refractivity contribution in [3.8, 4) is 11.5 Å². The number of nitrogens with one attached hydrogen (secondary N) is 2. The summed E-state index contributed by atoms with van der Waals surface area (Å²) in [6.45, 7) is 1.76. The number of anilines is 1. The lowest BCUT2D eigenvalue weighted by atomic mass is 10.2. The molecule has 3 aromatic rings. The average Bonchev–Trinajstić information content (AvgIpc) is 3.15. The molecule has 7 nitrogen and oxygen atoms in total. The zero-order chi connectivity index (χ0) is 15.7. The van der Waals surface area contributed by atoms with E-state index < -0.39 is 0 Å². The van der Waals surface area contributed by atoms with Crippen molar-refractivity contribution in [2.75, 3.05) is 5.32 Å². The van der Waals surface area contributed by atoms with Gasteiger partial charge in [-0.15, -0.1) is 0 Å². The fourth-order valence-corrected chi connectivity index (χ4v) is 2.04. The van der Waals surface area contributed by atoms with Gasteiger partial charge >= 0.3 is 0 Å². The Bertz CT molecular complexity index is 875. The minimum atomic E-state index is -0.365. The molecule has 7 heteroatoms. The molecule has 0 saturated heterocycles. The Labute approximate surface area is 125 Å². The number of aromatic nitrogens is 3. The second kappa shape index (κ2) is 5.36. The molecule has 3 heterocycles. The van der Waals surface area contributed by atoms with Gasteiger partial charge in [-0.05, 0) is 24.6 Å². The van der Waals surface area contributed by atoms with Gasteiger partial charge in [0.1, 0.15) is 5.69 Å². The van der Waals surface area contributed by atoms with Crippen molar-refractivity contribution >= 4 is 11.6 Å². The largest absolute Gasteiger partial charge is 0.463 e. The average molecular weight is 298 g/mol. The molecular weight excluding hydrogens is 284 g/mol. The first-order valence-corrected chi connectivity index (χ1v) is 6.62. The van der Waals surface area contributed by atoms with Gasteiger partial charge in [-0.1, -0.05) is 0 Å². The molecule has 3 aromatic heterocycles. The number of aromatic amines is 1. The molecule has 0 radical (unpaired) electrons. The van der Waals surface area contributed by atoms with Crippen molar-refractivity contribution < 1.29 is 9.21 Å². The van der Waals surface area contributed by atoms with E-state index in [9.17, 15) is 9.59 Å². The van der Waals surface area contributed by atoms with Crippen molar-refractivity contribution in [1.29, 1.82) is 0 Å². The van der Waals surface area contributed by atoms with Gasteiger partial charge in [0.15, 0.2) is 11.5 Å². The molecule has 0 spiro atoms. The Morgan fingerprint density at radius 2 is 2.23 bits per heavy atom. The molecule has 0 aromatic carbocycles. The molecule has 3 rings (SSSR count). The van der Waals surface area contributed by atoms with Crippen molar-refractivity contribution in [3.05, 3.63) is 58.3 Å². The van der Waals surface area contributed by atoms with Gasteiger partial charge in [-0.25, -0.2) is 0 Å². The van der Waals surface area contributed by atoms with Crippen LogP contribution in [0.2, 0.25) is 0 Å². The van der Waals surface area contributed by atoms with Crippen molar-refractivity contribution in [2.24, 2.45) is 7.05 Å². The third-order valence-electron chi connectivity index (χ3n) is 3.28. The maximum absolute atomic E-state index is 12.2.